The van der Waals surface area contributed by atoms with Crippen LogP contribution < -0.4 is 15.0 Å². The lowest BCUT2D eigenvalue weighted by Crippen LogP contribution is -2.47. The van der Waals surface area contributed by atoms with Crippen LogP contribution in [0.4, 0.5) is 10.1 Å². The summed E-state index contributed by atoms with van der Waals surface area (Å²) < 4.78 is 18.7. The van der Waals surface area contributed by atoms with Crippen molar-refractivity contribution in [3.05, 3.63) is 24.0 Å². The molecule has 0 bridgehead atoms. The van der Waals surface area contributed by atoms with Crippen molar-refractivity contribution >= 4 is 5.69 Å². The number of hydrogen-bond acceptors (Lipinski definition) is 3. The van der Waals surface area contributed by atoms with E-state index in [4.69, 9.17) is 4.74 Å². The topological polar surface area (TPSA) is 24.5 Å². The second-order valence-corrected chi connectivity index (χ2v) is 5.14. The molecule has 1 heterocycles. The van der Waals surface area contributed by atoms with Crippen LogP contribution in [-0.2, 0) is 0 Å². The molecule has 2 unspecified atom stereocenters. The van der Waals surface area contributed by atoms with Gasteiger partial charge < -0.3 is 15.0 Å². The van der Waals surface area contributed by atoms with E-state index < -0.39 is 0 Å². The van der Waals surface area contributed by atoms with Crippen LogP contribution in [0.5, 0.6) is 5.75 Å². The molecule has 1 aromatic rings. The van der Waals surface area contributed by atoms with Crippen LogP contribution >= 0.6 is 0 Å². The zero-order valence-electron chi connectivity index (χ0n) is 11.9. The highest BCUT2D eigenvalue weighted by Gasteiger charge is 2.25. The number of nitrogens with zero attached hydrogens (tertiary/aromatic N) is 1. The van der Waals surface area contributed by atoms with Crippen LogP contribution in [0.1, 0.15) is 26.7 Å². The van der Waals surface area contributed by atoms with Crippen LogP contribution in [0.15, 0.2) is 18.2 Å². The zero-order valence-corrected chi connectivity index (χ0v) is 11.9. The van der Waals surface area contributed by atoms with Gasteiger partial charge >= 0.3 is 0 Å². The minimum Gasteiger partial charge on any atom is -0.494 e. The van der Waals surface area contributed by atoms with Gasteiger partial charge in [-0.25, -0.2) is 4.39 Å². The summed E-state index contributed by atoms with van der Waals surface area (Å²) in [4.78, 5) is 2.27. The number of hydrogen-bond donors (Lipinski definition) is 1. The number of anilines is 1. The highest BCUT2D eigenvalue weighted by molar-refractivity contribution is 5.51. The van der Waals surface area contributed by atoms with Gasteiger partial charge in [-0.15, -0.1) is 0 Å². The maximum absolute atomic E-state index is 13.8. The van der Waals surface area contributed by atoms with Gasteiger partial charge in [-0.05, 0) is 38.4 Å². The lowest BCUT2D eigenvalue weighted by Gasteiger charge is -2.39. The molecule has 1 fully saturated rings. The average molecular weight is 266 g/mol. The summed E-state index contributed by atoms with van der Waals surface area (Å²) in [5.41, 5.74) is 0.945. The van der Waals surface area contributed by atoms with Crippen LogP contribution in [-0.4, -0.2) is 32.3 Å². The number of benzene rings is 1. The first-order valence-corrected chi connectivity index (χ1v) is 6.99. The highest BCUT2D eigenvalue weighted by atomic mass is 19.1. The molecule has 0 saturated carbocycles. The Bertz CT molecular complexity index is 425. The van der Waals surface area contributed by atoms with Crippen molar-refractivity contribution in [3.63, 3.8) is 0 Å². The Morgan fingerprint density at radius 1 is 1.47 bits per heavy atom. The molecule has 3 nitrogen and oxygen atoms in total. The van der Waals surface area contributed by atoms with E-state index in [1.165, 1.54) is 7.11 Å². The molecule has 4 heteroatoms. The fourth-order valence-corrected chi connectivity index (χ4v) is 2.86. The van der Waals surface area contributed by atoms with Gasteiger partial charge in [-0.2, -0.15) is 0 Å². The Morgan fingerprint density at radius 2 is 2.26 bits per heavy atom. The Morgan fingerprint density at radius 3 is 2.84 bits per heavy atom. The van der Waals surface area contributed by atoms with E-state index >= 15 is 0 Å². The molecule has 0 aromatic heterocycles. The van der Waals surface area contributed by atoms with Crippen LogP contribution in [0.2, 0.25) is 0 Å². The van der Waals surface area contributed by atoms with Crippen LogP contribution in [0.3, 0.4) is 0 Å². The summed E-state index contributed by atoms with van der Waals surface area (Å²) in [6.45, 7) is 6.31. The Labute approximate surface area is 114 Å². The van der Waals surface area contributed by atoms with Gasteiger partial charge in [-0.3, -0.25) is 0 Å². The Hall–Kier alpha value is -1.29. The minimum absolute atomic E-state index is 0.291. The summed E-state index contributed by atoms with van der Waals surface area (Å²) in [7, 11) is 1.49. The van der Waals surface area contributed by atoms with Gasteiger partial charge in [0.2, 0.25) is 0 Å². The van der Waals surface area contributed by atoms with Gasteiger partial charge in [0.25, 0.3) is 0 Å². The quantitative estimate of drug-likeness (QED) is 0.907. The molecule has 1 saturated heterocycles. The summed E-state index contributed by atoms with van der Waals surface area (Å²) in [5.74, 6) is 0.0138. The second kappa shape index (κ2) is 6.24. The fraction of sp³-hybridized carbons (Fsp3) is 0.600. The van der Waals surface area contributed by atoms with Crippen molar-refractivity contribution in [2.45, 2.75) is 38.8 Å². The van der Waals surface area contributed by atoms with E-state index in [2.05, 4.69) is 24.1 Å². The van der Waals surface area contributed by atoms with Crippen molar-refractivity contribution in [1.82, 2.24) is 5.32 Å². The number of halogens is 1. The summed E-state index contributed by atoms with van der Waals surface area (Å²) in [6, 6.07) is 6.22. The molecule has 0 spiro atoms. The van der Waals surface area contributed by atoms with E-state index in [1.807, 2.05) is 6.07 Å². The van der Waals surface area contributed by atoms with E-state index in [1.54, 1.807) is 12.1 Å². The Kier molecular flexibility index (Phi) is 4.64. The molecule has 1 aromatic carbocycles. The van der Waals surface area contributed by atoms with Crippen LogP contribution in [0, 0.1) is 5.82 Å². The molecule has 19 heavy (non-hydrogen) atoms. The molecule has 1 aliphatic heterocycles. The second-order valence-electron chi connectivity index (χ2n) is 5.14. The molecule has 106 valence electrons. The summed E-state index contributed by atoms with van der Waals surface area (Å²) in [5, 5.41) is 3.50. The first kappa shape index (κ1) is 14.1. The molecule has 2 rings (SSSR count). The summed E-state index contributed by atoms with van der Waals surface area (Å²) >= 11 is 0. The maximum atomic E-state index is 13.8. The van der Waals surface area contributed by atoms with Gasteiger partial charge in [0.1, 0.15) is 0 Å². The standard InChI is InChI=1S/C15H23FN2O/c1-4-17-12-7-8-18(11(2)9-12)13-5-6-15(19-3)14(16)10-13/h5-6,10-12,17H,4,7-9H2,1-3H3. The van der Waals surface area contributed by atoms with Crippen molar-refractivity contribution in [3.8, 4) is 5.75 Å². The molecule has 0 amide bonds. The third kappa shape index (κ3) is 3.18. The summed E-state index contributed by atoms with van der Waals surface area (Å²) in [6.07, 6.45) is 2.20. The highest BCUT2D eigenvalue weighted by Crippen LogP contribution is 2.28. The number of piperidine rings is 1. The number of methoxy groups -OCH3 is 1. The molecule has 0 aliphatic carbocycles. The van der Waals surface area contributed by atoms with Gasteiger partial charge in [0.05, 0.1) is 7.11 Å². The van der Waals surface area contributed by atoms with Crippen LogP contribution in [0.25, 0.3) is 0 Å². The van der Waals surface area contributed by atoms with Crippen molar-refractivity contribution < 1.29 is 9.13 Å². The van der Waals surface area contributed by atoms with Crippen molar-refractivity contribution in [2.75, 3.05) is 25.1 Å². The van der Waals surface area contributed by atoms with E-state index in [9.17, 15) is 4.39 Å². The van der Waals surface area contributed by atoms with Gasteiger partial charge in [0.15, 0.2) is 11.6 Å². The average Bonchev–Trinajstić information content (AvgIpc) is 2.39. The first-order valence-electron chi connectivity index (χ1n) is 6.99. The molecule has 1 N–H and O–H groups in total. The molecule has 1 aliphatic rings. The normalized spacial score (nSPS) is 23.5. The van der Waals surface area contributed by atoms with Gasteiger partial charge in [-0.1, -0.05) is 6.92 Å². The third-order valence-electron chi connectivity index (χ3n) is 3.84. The zero-order chi connectivity index (χ0) is 13.8. The molecule has 2 atom stereocenters. The molecular formula is C15H23FN2O. The lowest BCUT2D eigenvalue weighted by molar-refractivity contribution is 0.371. The fourth-order valence-electron chi connectivity index (χ4n) is 2.86. The number of nitrogens with one attached hydrogen (secondary N) is 1. The molecular weight excluding hydrogens is 243 g/mol. The first-order chi connectivity index (χ1) is 9.15. The smallest absolute Gasteiger partial charge is 0.167 e. The van der Waals surface area contributed by atoms with E-state index in [0.29, 0.717) is 17.8 Å². The number of rotatable bonds is 4. The van der Waals surface area contributed by atoms with Crippen molar-refractivity contribution in [1.29, 1.82) is 0 Å². The monoisotopic (exact) mass is 266 g/mol. The van der Waals surface area contributed by atoms with E-state index in [0.717, 1.165) is 31.6 Å². The maximum Gasteiger partial charge on any atom is 0.167 e. The predicted molar refractivity (Wildman–Crippen MR) is 76.5 cm³/mol. The largest absolute Gasteiger partial charge is 0.494 e. The lowest BCUT2D eigenvalue weighted by atomic mass is 9.97. The van der Waals surface area contributed by atoms with E-state index in [-0.39, 0.29) is 5.82 Å². The van der Waals surface area contributed by atoms with Gasteiger partial charge in [0, 0.05) is 30.4 Å². The minimum atomic E-state index is -0.291. The van der Waals surface area contributed by atoms with Crippen molar-refractivity contribution in [2.24, 2.45) is 0 Å². The predicted octanol–water partition coefficient (Wildman–Crippen LogP) is 2.80. The SMILES string of the molecule is CCNC1CCN(c2ccc(OC)c(F)c2)C(C)C1. The third-order valence-corrected chi connectivity index (χ3v) is 3.84. The Balaban J connectivity index is 2.08. The molecule has 0 radical (unpaired) electrons. The number of ether oxygens (including phenoxy) is 1.